The maximum absolute atomic E-state index is 13.2. The van der Waals surface area contributed by atoms with Gasteiger partial charge in [0.25, 0.3) is 0 Å². The van der Waals surface area contributed by atoms with Gasteiger partial charge in [-0.2, -0.15) is 4.31 Å². The number of rotatable bonds is 7. The molecule has 0 spiro atoms. The van der Waals surface area contributed by atoms with Gasteiger partial charge in [0.05, 0.1) is 48.5 Å². The van der Waals surface area contributed by atoms with Crippen LogP contribution < -0.4 is 10.2 Å². The van der Waals surface area contributed by atoms with Gasteiger partial charge in [-0.1, -0.05) is 17.7 Å². The van der Waals surface area contributed by atoms with Crippen LogP contribution in [-0.4, -0.2) is 77.0 Å². The molecule has 2 heterocycles. The first kappa shape index (κ1) is 24.0. The summed E-state index contributed by atoms with van der Waals surface area (Å²) >= 11 is 1.44. The van der Waals surface area contributed by atoms with Crippen molar-refractivity contribution in [2.24, 2.45) is 0 Å². The molecule has 0 radical (unpaired) electrons. The number of aryl methyl sites for hydroxylation is 1. The first-order chi connectivity index (χ1) is 15.9. The maximum Gasteiger partial charge on any atom is 0.243 e. The lowest BCUT2D eigenvalue weighted by atomic mass is 10.2. The van der Waals surface area contributed by atoms with E-state index in [1.54, 1.807) is 18.2 Å². The molecule has 0 bridgehead atoms. The van der Waals surface area contributed by atoms with Crippen LogP contribution in [0.1, 0.15) is 5.56 Å². The third-order valence-electron chi connectivity index (χ3n) is 5.59. The monoisotopic (exact) mass is 491 g/mol. The highest BCUT2D eigenvalue weighted by Gasteiger charge is 2.28. The van der Waals surface area contributed by atoms with Gasteiger partial charge in [-0.25, -0.2) is 8.42 Å². The number of thioether (sulfide) groups is 1. The molecule has 2 saturated heterocycles. The van der Waals surface area contributed by atoms with E-state index in [0.29, 0.717) is 58.3 Å². The van der Waals surface area contributed by atoms with Gasteiger partial charge in [-0.15, -0.1) is 11.8 Å². The van der Waals surface area contributed by atoms with Crippen LogP contribution in [-0.2, 0) is 24.3 Å². The number of sulfonamides is 1. The van der Waals surface area contributed by atoms with Crippen molar-refractivity contribution in [3.05, 3.63) is 48.0 Å². The molecule has 0 aliphatic carbocycles. The molecule has 10 heteroatoms. The standard InChI is InChI=1S/C23H29N3O5S2/c1-18-2-4-19(5-3-18)32-17-23(27)24-21-16-20(33(28,29)26-10-14-31-15-11-26)6-7-22(21)25-8-12-30-13-9-25/h2-7,16H,8-15,17H2,1H3,(H,24,27). The van der Waals surface area contributed by atoms with E-state index in [9.17, 15) is 13.2 Å². The van der Waals surface area contributed by atoms with E-state index >= 15 is 0 Å². The molecule has 2 fully saturated rings. The summed E-state index contributed by atoms with van der Waals surface area (Å²) in [5.74, 6) is 0.0440. The van der Waals surface area contributed by atoms with Crippen LogP contribution in [0.2, 0.25) is 0 Å². The van der Waals surface area contributed by atoms with Crippen LogP contribution in [0.5, 0.6) is 0 Å². The fourth-order valence-electron chi connectivity index (χ4n) is 3.76. The molecule has 0 aromatic heterocycles. The molecular weight excluding hydrogens is 462 g/mol. The maximum atomic E-state index is 13.2. The summed E-state index contributed by atoms with van der Waals surface area (Å²) in [6.45, 7) is 5.95. The largest absolute Gasteiger partial charge is 0.379 e. The minimum atomic E-state index is -3.67. The summed E-state index contributed by atoms with van der Waals surface area (Å²) in [5.41, 5.74) is 2.46. The second kappa shape index (κ2) is 10.9. The van der Waals surface area contributed by atoms with Crippen LogP contribution in [0.15, 0.2) is 52.3 Å². The van der Waals surface area contributed by atoms with Crippen molar-refractivity contribution >= 4 is 39.1 Å². The lowest BCUT2D eigenvalue weighted by molar-refractivity contribution is -0.113. The minimum Gasteiger partial charge on any atom is -0.379 e. The molecule has 33 heavy (non-hydrogen) atoms. The number of carbonyl (C=O) groups is 1. The number of carbonyl (C=O) groups excluding carboxylic acids is 1. The Hall–Kier alpha value is -2.11. The molecule has 1 N–H and O–H groups in total. The Morgan fingerprint density at radius 1 is 0.970 bits per heavy atom. The third-order valence-corrected chi connectivity index (χ3v) is 8.50. The summed E-state index contributed by atoms with van der Waals surface area (Å²) in [6.07, 6.45) is 0. The molecule has 1 amide bonds. The lowest BCUT2D eigenvalue weighted by Crippen LogP contribution is -2.40. The zero-order chi connectivity index (χ0) is 23.3. The van der Waals surface area contributed by atoms with Crippen LogP contribution in [0.3, 0.4) is 0 Å². The summed E-state index contributed by atoms with van der Waals surface area (Å²) < 4.78 is 38.5. The fraction of sp³-hybridized carbons (Fsp3) is 0.435. The molecule has 2 aromatic carbocycles. The number of amides is 1. The van der Waals surface area contributed by atoms with Gasteiger partial charge >= 0.3 is 0 Å². The number of anilines is 2. The van der Waals surface area contributed by atoms with Gasteiger partial charge in [0.2, 0.25) is 15.9 Å². The van der Waals surface area contributed by atoms with Crippen molar-refractivity contribution in [3.63, 3.8) is 0 Å². The van der Waals surface area contributed by atoms with Crippen LogP contribution in [0.4, 0.5) is 11.4 Å². The van der Waals surface area contributed by atoms with Crippen molar-refractivity contribution in [3.8, 4) is 0 Å². The zero-order valence-electron chi connectivity index (χ0n) is 18.7. The Morgan fingerprint density at radius 3 is 2.27 bits per heavy atom. The van der Waals surface area contributed by atoms with Gasteiger partial charge in [0, 0.05) is 31.1 Å². The molecule has 8 nitrogen and oxygen atoms in total. The summed E-state index contributed by atoms with van der Waals surface area (Å²) in [5, 5.41) is 2.95. The van der Waals surface area contributed by atoms with Crippen LogP contribution >= 0.6 is 11.8 Å². The Morgan fingerprint density at radius 2 is 1.61 bits per heavy atom. The number of nitrogens with zero attached hydrogens (tertiary/aromatic N) is 2. The van der Waals surface area contributed by atoms with E-state index in [1.165, 1.54) is 16.1 Å². The predicted octanol–water partition coefficient (Wildman–Crippen LogP) is 2.58. The molecular formula is C23H29N3O5S2. The van der Waals surface area contributed by atoms with Crippen molar-refractivity contribution in [1.29, 1.82) is 0 Å². The van der Waals surface area contributed by atoms with Crippen molar-refractivity contribution in [2.75, 3.05) is 68.6 Å². The van der Waals surface area contributed by atoms with E-state index in [4.69, 9.17) is 9.47 Å². The SMILES string of the molecule is Cc1ccc(SCC(=O)Nc2cc(S(=O)(=O)N3CCOCC3)ccc2N2CCOCC2)cc1. The van der Waals surface area contributed by atoms with Gasteiger partial charge in [-0.05, 0) is 37.3 Å². The van der Waals surface area contributed by atoms with Gasteiger partial charge < -0.3 is 19.7 Å². The average Bonchev–Trinajstić information content (AvgIpc) is 2.85. The Bertz CT molecular complexity index is 1060. The summed E-state index contributed by atoms with van der Waals surface area (Å²) in [7, 11) is -3.67. The molecule has 178 valence electrons. The number of hydrogen-bond acceptors (Lipinski definition) is 7. The van der Waals surface area contributed by atoms with Crippen LogP contribution in [0, 0.1) is 6.92 Å². The summed E-state index contributed by atoms with van der Waals surface area (Å²) in [4.78, 5) is 16.1. The third kappa shape index (κ3) is 6.07. The predicted molar refractivity (Wildman–Crippen MR) is 130 cm³/mol. The van der Waals surface area contributed by atoms with Crippen molar-refractivity contribution < 1.29 is 22.7 Å². The first-order valence-electron chi connectivity index (χ1n) is 11.0. The number of ether oxygens (including phenoxy) is 2. The van der Waals surface area contributed by atoms with Gasteiger partial charge in [-0.3, -0.25) is 4.79 Å². The van der Waals surface area contributed by atoms with E-state index in [-0.39, 0.29) is 16.6 Å². The average molecular weight is 492 g/mol. The molecule has 2 aliphatic heterocycles. The second-order valence-corrected chi connectivity index (χ2v) is 10.9. The molecule has 0 saturated carbocycles. The van der Waals surface area contributed by atoms with Gasteiger partial charge in [0.1, 0.15) is 0 Å². The van der Waals surface area contributed by atoms with Crippen molar-refractivity contribution in [1.82, 2.24) is 4.31 Å². The highest BCUT2D eigenvalue weighted by molar-refractivity contribution is 8.00. The molecule has 4 rings (SSSR count). The molecule has 2 aliphatic rings. The highest BCUT2D eigenvalue weighted by Crippen LogP contribution is 2.31. The fourth-order valence-corrected chi connectivity index (χ4v) is 5.89. The normalized spacial score (nSPS) is 17.7. The second-order valence-electron chi connectivity index (χ2n) is 7.94. The number of nitrogens with one attached hydrogen (secondary N) is 1. The van der Waals surface area contributed by atoms with Gasteiger partial charge in [0.15, 0.2) is 0 Å². The molecule has 0 unspecified atom stereocenters. The van der Waals surface area contributed by atoms with E-state index < -0.39 is 10.0 Å². The van der Waals surface area contributed by atoms with E-state index in [1.807, 2.05) is 31.2 Å². The lowest BCUT2D eigenvalue weighted by Gasteiger charge is -2.31. The summed E-state index contributed by atoms with van der Waals surface area (Å²) in [6, 6.07) is 13.0. The Kier molecular flexibility index (Phi) is 7.92. The topological polar surface area (TPSA) is 88.2 Å². The van der Waals surface area contributed by atoms with E-state index in [2.05, 4.69) is 10.2 Å². The minimum absolute atomic E-state index is 0.169. The Balaban J connectivity index is 1.55. The highest BCUT2D eigenvalue weighted by atomic mass is 32.2. The molecule has 2 aromatic rings. The number of morpholine rings is 2. The number of hydrogen-bond donors (Lipinski definition) is 1. The first-order valence-corrected chi connectivity index (χ1v) is 13.4. The van der Waals surface area contributed by atoms with Crippen LogP contribution in [0.25, 0.3) is 0 Å². The zero-order valence-corrected chi connectivity index (χ0v) is 20.3. The van der Waals surface area contributed by atoms with Crippen molar-refractivity contribution in [2.45, 2.75) is 16.7 Å². The molecule has 0 atom stereocenters. The smallest absolute Gasteiger partial charge is 0.243 e. The number of benzene rings is 2. The quantitative estimate of drug-likeness (QED) is 0.596. The van der Waals surface area contributed by atoms with E-state index in [0.717, 1.165) is 16.1 Å². The Labute approximate surface area is 199 Å².